The van der Waals surface area contributed by atoms with Crippen molar-refractivity contribution in [1.29, 1.82) is 0 Å². The third-order valence-corrected chi connectivity index (χ3v) is 6.42. The molecule has 1 saturated heterocycles. The Bertz CT molecular complexity index is 937. The van der Waals surface area contributed by atoms with E-state index in [1.807, 2.05) is 44.2 Å². The summed E-state index contributed by atoms with van der Waals surface area (Å²) in [7, 11) is -3.73. The standard InChI is InChI=1S/C21H27N3O3S/c1-16-9-10-17(2)20(15-16)28(25,26)23-22-18(3)21(19-7-5-4-6-8-19)24-11-13-27-14-12-24/h4-10,15,21,23H,11-14H2,1-3H3/p+1/b22-18-/t21-/m1/s1. The monoisotopic (exact) mass is 402 g/mol. The molecule has 7 heteroatoms. The molecule has 1 aliphatic heterocycles. The van der Waals surface area contributed by atoms with E-state index >= 15 is 0 Å². The molecule has 28 heavy (non-hydrogen) atoms. The summed E-state index contributed by atoms with van der Waals surface area (Å²) < 4.78 is 31.1. The number of sulfonamides is 1. The number of hydrazone groups is 1. The lowest BCUT2D eigenvalue weighted by Crippen LogP contribution is -3.15. The second kappa shape index (κ2) is 8.86. The van der Waals surface area contributed by atoms with Crippen molar-refractivity contribution < 1.29 is 18.1 Å². The molecule has 0 bridgehead atoms. The van der Waals surface area contributed by atoms with Crippen LogP contribution in [-0.4, -0.2) is 40.4 Å². The first-order chi connectivity index (χ1) is 13.4. The molecule has 1 heterocycles. The molecule has 0 unspecified atom stereocenters. The zero-order chi connectivity index (χ0) is 20.1. The summed E-state index contributed by atoms with van der Waals surface area (Å²) in [4.78, 5) is 4.03. The number of benzene rings is 2. The minimum atomic E-state index is -3.73. The number of hydrogen-bond acceptors (Lipinski definition) is 4. The van der Waals surface area contributed by atoms with Crippen LogP contribution in [0.15, 0.2) is 58.5 Å². The zero-order valence-corrected chi connectivity index (χ0v) is 17.4. The maximum absolute atomic E-state index is 12.8. The fourth-order valence-electron chi connectivity index (χ4n) is 3.58. The first-order valence-corrected chi connectivity index (χ1v) is 11.0. The van der Waals surface area contributed by atoms with Crippen molar-refractivity contribution in [3.63, 3.8) is 0 Å². The quantitative estimate of drug-likeness (QED) is 0.570. The van der Waals surface area contributed by atoms with E-state index in [1.165, 1.54) is 4.90 Å². The zero-order valence-electron chi connectivity index (χ0n) is 16.6. The van der Waals surface area contributed by atoms with Crippen molar-refractivity contribution in [3.8, 4) is 0 Å². The SMILES string of the molecule is C/C(=N/NS(=O)(=O)c1cc(C)ccc1C)[C@H](c1ccccc1)[NH+]1CCOCC1. The van der Waals surface area contributed by atoms with Crippen molar-refractivity contribution in [3.05, 3.63) is 65.2 Å². The summed E-state index contributed by atoms with van der Waals surface area (Å²) in [6.45, 7) is 8.65. The highest BCUT2D eigenvalue weighted by Gasteiger charge is 2.29. The largest absolute Gasteiger partial charge is 0.370 e. The Kier molecular flexibility index (Phi) is 6.49. The number of ether oxygens (including phenoxy) is 1. The molecule has 0 spiro atoms. The highest BCUT2D eigenvalue weighted by molar-refractivity contribution is 7.89. The van der Waals surface area contributed by atoms with Crippen LogP contribution >= 0.6 is 0 Å². The Labute approximate surface area is 167 Å². The molecule has 3 rings (SSSR count). The summed E-state index contributed by atoms with van der Waals surface area (Å²) in [6.07, 6.45) is 0. The van der Waals surface area contributed by atoms with E-state index in [2.05, 4.69) is 22.1 Å². The van der Waals surface area contributed by atoms with Gasteiger partial charge in [-0.15, -0.1) is 0 Å². The number of nitrogens with one attached hydrogen (secondary N) is 2. The van der Waals surface area contributed by atoms with Gasteiger partial charge in [0, 0.05) is 5.56 Å². The third kappa shape index (κ3) is 4.79. The van der Waals surface area contributed by atoms with Crippen molar-refractivity contribution in [2.75, 3.05) is 26.3 Å². The Balaban J connectivity index is 1.88. The summed E-state index contributed by atoms with van der Waals surface area (Å²) in [5.74, 6) is 0. The molecule has 0 saturated carbocycles. The minimum Gasteiger partial charge on any atom is -0.370 e. The van der Waals surface area contributed by atoms with Crippen LogP contribution in [0.2, 0.25) is 0 Å². The molecule has 1 atom stereocenters. The lowest BCUT2D eigenvalue weighted by molar-refractivity contribution is -0.928. The molecule has 0 radical (unpaired) electrons. The van der Waals surface area contributed by atoms with E-state index in [9.17, 15) is 8.42 Å². The van der Waals surface area contributed by atoms with Crippen LogP contribution in [0, 0.1) is 13.8 Å². The molecule has 150 valence electrons. The van der Waals surface area contributed by atoms with Gasteiger partial charge in [-0.25, -0.2) is 0 Å². The maximum Gasteiger partial charge on any atom is 0.276 e. The van der Waals surface area contributed by atoms with Crippen molar-refractivity contribution in [2.45, 2.75) is 31.7 Å². The van der Waals surface area contributed by atoms with Crippen molar-refractivity contribution in [1.82, 2.24) is 4.83 Å². The molecule has 0 aliphatic carbocycles. The normalized spacial score (nSPS) is 17.3. The van der Waals surface area contributed by atoms with E-state index in [0.717, 1.165) is 29.9 Å². The van der Waals surface area contributed by atoms with Crippen molar-refractivity contribution in [2.24, 2.45) is 5.10 Å². The lowest BCUT2D eigenvalue weighted by atomic mass is 10.0. The van der Waals surface area contributed by atoms with Gasteiger partial charge in [0.1, 0.15) is 13.1 Å². The number of morpholine rings is 1. The molecular weight excluding hydrogens is 374 g/mol. The topological polar surface area (TPSA) is 72.2 Å². The number of quaternary nitrogens is 1. The van der Waals surface area contributed by atoms with Gasteiger partial charge in [0.25, 0.3) is 10.0 Å². The fourth-order valence-corrected chi connectivity index (χ4v) is 4.78. The maximum atomic E-state index is 12.8. The number of nitrogens with zero attached hydrogens (tertiary/aromatic N) is 1. The Morgan fingerprint density at radius 3 is 2.46 bits per heavy atom. The molecule has 0 amide bonds. The second-order valence-corrected chi connectivity index (χ2v) is 8.86. The molecular formula is C21H28N3O3S+. The van der Waals surface area contributed by atoms with Gasteiger partial charge in [0.2, 0.25) is 0 Å². The van der Waals surface area contributed by atoms with Crippen LogP contribution in [0.4, 0.5) is 0 Å². The van der Waals surface area contributed by atoms with Crippen molar-refractivity contribution >= 4 is 15.7 Å². The summed E-state index contributed by atoms with van der Waals surface area (Å²) in [5.41, 5.74) is 3.44. The van der Waals surface area contributed by atoms with E-state index in [-0.39, 0.29) is 10.9 Å². The Morgan fingerprint density at radius 1 is 1.11 bits per heavy atom. The first kappa shape index (κ1) is 20.5. The predicted octanol–water partition coefficient (Wildman–Crippen LogP) is 1.61. The highest BCUT2D eigenvalue weighted by Crippen LogP contribution is 2.17. The van der Waals surface area contributed by atoms with Gasteiger partial charge >= 0.3 is 0 Å². The molecule has 2 aromatic rings. The van der Waals surface area contributed by atoms with Crippen LogP contribution in [0.1, 0.15) is 29.7 Å². The number of rotatable bonds is 6. The summed E-state index contributed by atoms with van der Waals surface area (Å²) in [5, 5.41) is 4.31. The van der Waals surface area contributed by atoms with E-state index < -0.39 is 10.0 Å². The second-order valence-electron chi connectivity index (χ2n) is 7.23. The van der Waals surface area contributed by atoms with Gasteiger partial charge in [-0.3, -0.25) is 0 Å². The molecule has 2 aromatic carbocycles. The van der Waals surface area contributed by atoms with Gasteiger partial charge in [0.15, 0.2) is 6.04 Å². The lowest BCUT2D eigenvalue weighted by Gasteiger charge is -2.31. The van der Waals surface area contributed by atoms with Gasteiger partial charge in [-0.1, -0.05) is 42.5 Å². The van der Waals surface area contributed by atoms with E-state index in [4.69, 9.17) is 4.74 Å². The molecule has 6 nitrogen and oxygen atoms in total. The van der Waals surface area contributed by atoms with Crippen LogP contribution in [0.3, 0.4) is 0 Å². The molecule has 1 aliphatic rings. The van der Waals surface area contributed by atoms with Gasteiger partial charge in [-0.2, -0.15) is 18.4 Å². The van der Waals surface area contributed by atoms with Crippen LogP contribution in [0.25, 0.3) is 0 Å². The Hall–Kier alpha value is -2.22. The minimum absolute atomic E-state index is 0.0218. The van der Waals surface area contributed by atoms with Crippen LogP contribution < -0.4 is 9.73 Å². The smallest absolute Gasteiger partial charge is 0.276 e. The van der Waals surface area contributed by atoms with Crippen LogP contribution in [-0.2, 0) is 14.8 Å². The van der Waals surface area contributed by atoms with E-state index in [1.54, 1.807) is 13.0 Å². The Morgan fingerprint density at radius 2 is 1.79 bits per heavy atom. The molecule has 0 aromatic heterocycles. The number of aryl methyl sites for hydroxylation is 2. The van der Waals surface area contributed by atoms with Gasteiger partial charge in [-0.05, 0) is 38.0 Å². The summed E-state index contributed by atoms with van der Waals surface area (Å²) >= 11 is 0. The third-order valence-electron chi connectivity index (χ3n) is 5.07. The van der Waals surface area contributed by atoms with Gasteiger partial charge in [0.05, 0.1) is 23.8 Å². The first-order valence-electron chi connectivity index (χ1n) is 9.49. The van der Waals surface area contributed by atoms with Crippen LogP contribution in [0.5, 0.6) is 0 Å². The molecule has 1 fully saturated rings. The predicted molar refractivity (Wildman–Crippen MR) is 110 cm³/mol. The van der Waals surface area contributed by atoms with Gasteiger partial charge < -0.3 is 9.64 Å². The number of hydrogen-bond donors (Lipinski definition) is 2. The molecule has 2 N–H and O–H groups in total. The fraction of sp³-hybridized carbons (Fsp3) is 0.381. The average molecular weight is 403 g/mol. The average Bonchev–Trinajstić information content (AvgIpc) is 2.70. The van der Waals surface area contributed by atoms with E-state index in [0.29, 0.717) is 18.8 Å². The highest BCUT2D eigenvalue weighted by atomic mass is 32.2. The summed E-state index contributed by atoms with van der Waals surface area (Å²) in [6, 6.07) is 15.4.